The number of hydrogen-bond donors (Lipinski definition) is 1. The van der Waals surface area contributed by atoms with Gasteiger partial charge in [-0.3, -0.25) is 4.55 Å². The van der Waals surface area contributed by atoms with Crippen LogP contribution in [0.25, 0.3) is 0 Å². The van der Waals surface area contributed by atoms with Crippen LogP contribution in [0.1, 0.15) is 10.4 Å². The van der Waals surface area contributed by atoms with Gasteiger partial charge in [0.15, 0.2) is 17.5 Å². The van der Waals surface area contributed by atoms with Gasteiger partial charge in [0, 0.05) is 0 Å². The molecule has 0 aliphatic heterocycles. The molecule has 0 heterocycles. The Morgan fingerprint density at radius 3 is 2.00 bits per heavy atom. The van der Waals surface area contributed by atoms with Crippen LogP contribution >= 0.6 is 0 Å². The lowest BCUT2D eigenvalue weighted by atomic mass is 10.2. The van der Waals surface area contributed by atoms with Crippen molar-refractivity contribution in [1.82, 2.24) is 0 Å². The molecule has 5 nitrogen and oxygen atoms in total. The van der Waals surface area contributed by atoms with Gasteiger partial charge in [-0.1, -0.05) is 0 Å². The van der Waals surface area contributed by atoms with E-state index >= 15 is 0 Å². The van der Waals surface area contributed by atoms with Crippen LogP contribution < -0.4 is 0 Å². The first-order valence-electron chi connectivity index (χ1n) is 5.18. The number of hydrogen-bond acceptors (Lipinski definition) is 4. The Labute approximate surface area is 119 Å². The second-order valence-electron chi connectivity index (χ2n) is 3.94. The first kappa shape index (κ1) is 18.2. The van der Waals surface area contributed by atoms with Crippen molar-refractivity contribution in [3.63, 3.8) is 0 Å². The number of rotatable bonds is 4. The highest BCUT2D eigenvalue weighted by molar-refractivity contribution is 7.85. The van der Waals surface area contributed by atoms with Crippen molar-refractivity contribution < 1.29 is 48.8 Å². The van der Waals surface area contributed by atoms with Crippen LogP contribution in [0.15, 0.2) is 12.1 Å². The molecule has 0 aromatic heterocycles. The smallest absolute Gasteiger partial charge is 0.426 e. The lowest BCUT2D eigenvalue weighted by molar-refractivity contribution is -0.197. The van der Waals surface area contributed by atoms with Gasteiger partial charge in [0.05, 0.1) is 5.56 Å². The van der Waals surface area contributed by atoms with E-state index in [-0.39, 0.29) is 12.1 Å². The number of benzene rings is 1. The topological polar surface area (TPSA) is 80.7 Å². The Balaban J connectivity index is 3.06. The summed E-state index contributed by atoms with van der Waals surface area (Å²) in [5, 5.41) is 0. The third kappa shape index (κ3) is 4.87. The third-order valence-corrected chi connectivity index (χ3v) is 2.92. The molecule has 0 aliphatic carbocycles. The second kappa shape index (κ2) is 6.12. The Bertz CT molecular complexity index is 661. The van der Waals surface area contributed by atoms with Crippen LogP contribution in [0.2, 0.25) is 0 Å². The molecule has 0 amide bonds. The van der Waals surface area contributed by atoms with Gasteiger partial charge in [0.1, 0.15) is 5.75 Å². The normalized spacial score (nSPS) is 13.8. The Hall–Kier alpha value is -1.82. The maximum absolute atomic E-state index is 12.9. The van der Waals surface area contributed by atoms with Crippen molar-refractivity contribution in [1.29, 1.82) is 0 Å². The van der Waals surface area contributed by atoms with Crippen LogP contribution in [0.3, 0.4) is 0 Å². The van der Waals surface area contributed by atoms with Gasteiger partial charge in [-0.2, -0.15) is 21.6 Å². The first-order valence-corrected chi connectivity index (χ1v) is 6.79. The number of carbonyl (C=O) groups is 1. The van der Waals surface area contributed by atoms with E-state index in [1.165, 1.54) is 0 Å². The summed E-state index contributed by atoms with van der Waals surface area (Å²) >= 11 is 0. The van der Waals surface area contributed by atoms with E-state index in [1.54, 1.807) is 0 Å². The zero-order valence-electron chi connectivity index (χ0n) is 10.2. The van der Waals surface area contributed by atoms with E-state index in [0.717, 1.165) is 0 Å². The number of esters is 1. The minimum atomic E-state index is -5.37. The summed E-state index contributed by atoms with van der Waals surface area (Å²) in [7, 11) is -5.16. The van der Waals surface area contributed by atoms with Gasteiger partial charge in [-0.15, -0.1) is 0 Å². The Morgan fingerprint density at radius 2 is 1.64 bits per heavy atom. The van der Waals surface area contributed by atoms with Crippen molar-refractivity contribution in [3.8, 4) is 0 Å². The van der Waals surface area contributed by atoms with E-state index in [9.17, 15) is 39.6 Å². The molecule has 1 aromatic rings. The molecule has 0 bridgehead atoms. The fourth-order valence-electron chi connectivity index (χ4n) is 1.26. The standard InChI is InChI=1S/C10H6F6O5S/c11-5-1-4(2-6(12)8(5)13)9(17)21-7(10(14,15)16)3-22(18,19)20/h1-2,7H,3H2,(H,18,19,20). The fraction of sp³-hybridized carbons (Fsp3) is 0.300. The van der Waals surface area contributed by atoms with Crippen LogP contribution in [0.4, 0.5) is 26.3 Å². The van der Waals surface area contributed by atoms with Gasteiger partial charge in [0.2, 0.25) is 6.10 Å². The van der Waals surface area contributed by atoms with Crippen LogP contribution in [-0.4, -0.2) is 37.0 Å². The van der Waals surface area contributed by atoms with Crippen molar-refractivity contribution in [2.45, 2.75) is 12.3 Å². The molecule has 0 spiro atoms. The fourth-order valence-corrected chi connectivity index (χ4v) is 1.90. The van der Waals surface area contributed by atoms with E-state index in [0.29, 0.717) is 0 Å². The SMILES string of the molecule is O=C(OC(CS(=O)(=O)O)C(F)(F)F)c1cc(F)c(F)c(F)c1. The van der Waals surface area contributed by atoms with Gasteiger partial charge in [0.25, 0.3) is 10.1 Å². The summed E-state index contributed by atoms with van der Waals surface area (Å²) < 4.78 is 109. The van der Waals surface area contributed by atoms with Crippen molar-refractivity contribution >= 4 is 16.1 Å². The molecule has 1 atom stereocenters. The zero-order valence-corrected chi connectivity index (χ0v) is 11.0. The molecule has 1 rings (SSSR count). The quantitative estimate of drug-likeness (QED) is 0.388. The van der Waals surface area contributed by atoms with Crippen LogP contribution in [0, 0.1) is 17.5 Å². The molecule has 0 radical (unpaired) electrons. The van der Waals surface area contributed by atoms with Crippen molar-refractivity contribution in [2.75, 3.05) is 5.75 Å². The molecule has 0 saturated carbocycles. The van der Waals surface area contributed by atoms with Crippen molar-refractivity contribution in [3.05, 3.63) is 35.1 Å². The number of halogens is 6. The molecule has 0 fully saturated rings. The molecule has 1 aromatic carbocycles. The van der Waals surface area contributed by atoms with Crippen LogP contribution in [-0.2, 0) is 14.9 Å². The number of alkyl halides is 3. The summed E-state index contributed by atoms with van der Waals surface area (Å²) in [6, 6.07) is 0.142. The minimum absolute atomic E-state index is 0.0711. The predicted octanol–water partition coefficient (Wildman–Crippen LogP) is 2.08. The minimum Gasteiger partial charge on any atom is -0.448 e. The highest BCUT2D eigenvalue weighted by Gasteiger charge is 2.45. The predicted molar refractivity (Wildman–Crippen MR) is 58.0 cm³/mol. The second-order valence-corrected chi connectivity index (χ2v) is 5.44. The Kier molecular flexibility index (Phi) is 5.07. The van der Waals surface area contributed by atoms with Crippen molar-refractivity contribution in [2.24, 2.45) is 0 Å². The lowest BCUT2D eigenvalue weighted by Gasteiger charge is -2.19. The summed E-state index contributed by atoms with van der Waals surface area (Å²) in [5.74, 6) is -9.63. The summed E-state index contributed by atoms with van der Waals surface area (Å²) in [4.78, 5) is 11.3. The molecular weight excluding hydrogens is 346 g/mol. The monoisotopic (exact) mass is 352 g/mol. The largest absolute Gasteiger partial charge is 0.448 e. The van der Waals surface area contributed by atoms with Crippen LogP contribution in [0.5, 0.6) is 0 Å². The third-order valence-electron chi connectivity index (χ3n) is 2.20. The van der Waals surface area contributed by atoms with E-state index in [4.69, 9.17) is 4.55 Å². The summed E-state index contributed by atoms with van der Waals surface area (Å²) in [6.45, 7) is 0. The molecule has 124 valence electrons. The molecule has 0 aliphatic rings. The van der Waals surface area contributed by atoms with E-state index < -0.39 is 57.1 Å². The first-order chi connectivity index (χ1) is 9.81. The summed E-state index contributed by atoms with van der Waals surface area (Å²) in [5.41, 5.74) is -1.11. The van der Waals surface area contributed by atoms with Gasteiger partial charge in [-0.05, 0) is 12.1 Å². The number of carbonyl (C=O) groups excluding carboxylic acids is 1. The molecule has 1 unspecified atom stereocenters. The molecular formula is C10H6F6O5S. The van der Waals surface area contributed by atoms with Gasteiger partial charge in [-0.25, -0.2) is 18.0 Å². The molecule has 22 heavy (non-hydrogen) atoms. The van der Waals surface area contributed by atoms with Gasteiger partial charge >= 0.3 is 12.1 Å². The van der Waals surface area contributed by atoms with Gasteiger partial charge < -0.3 is 4.74 Å². The maximum atomic E-state index is 12.9. The van der Waals surface area contributed by atoms with E-state index in [2.05, 4.69) is 4.74 Å². The van der Waals surface area contributed by atoms with E-state index in [1.807, 2.05) is 0 Å². The highest BCUT2D eigenvalue weighted by atomic mass is 32.2. The summed E-state index contributed by atoms with van der Waals surface area (Å²) in [6.07, 6.45) is -8.64. The average molecular weight is 352 g/mol. The molecule has 1 N–H and O–H groups in total. The lowest BCUT2D eigenvalue weighted by Crippen LogP contribution is -2.39. The number of ether oxygens (including phenoxy) is 1. The highest BCUT2D eigenvalue weighted by Crippen LogP contribution is 2.25. The maximum Gasteiger partial charge on any atom is 0.426 e. The Morgan fingerprint density at radius 1 is 1.18 bits per heavy atom. The zero-order chi connectivity index (χ0) is 17.3. The molecule has 0 saturated heterocycles. The average Bonchev–Trinajstić information content (AvgIpc) is 2.31. The molecule has 12 heteroatoms.